The van der Waals surface area contributed by atoms with Crippen LogP contribution < -0.4 is 5.32 Å². The van der Waals surface area contributed by atoms with E-state index in [1.54, 1.807) is 7.05 Å². The van der Waals surface area contributed by atoms with Gasteiger partial charge in [-0.25, -0.2) is 4.79 Å². The Labute approximate surface area is 109 Å². The molecule has 0 spiro atoms. The Morgan fingerprint density at radius 1 is 1.17 bits per heavy atom. The van der Waals surface area contributed by atoms with Crippen LogP contribution in [0.15, 0.2) is 0 Å². The van der Waals surface area contributed by atoms with Gasteiger partial charge in [0.25, 0.3) is 0 Å². The molecule has 0 rings (SSSR count). The average molecular weight is 259 g/mol. The van der Waals surface area contributed by atoms with Crippen LogP contribution in [0.4, 0.5) is 4.79 Å². The van der Waals surface area contributed by atoms with E-state index in [4.69, 9.17) is 5.11 Å². The summed E-state index contributed by atoms with van der Waals surface area (Å²) in [6.45, 7) is 8.03. The fraction of sp³-hybridized carbons (Fsp3) is 0.833. The zero-order valence-corrected chi connectivity index (χ0v) is 11.6. The Kier molecular flexibility index (Phi) is 9.00. The van der Waals surface area contributed by atoms with E-state index >= 15 is 0 Å². The Morgan fingerprint density at radius 3 is 2.28 bits per heavy atom. The number of urea groups is 1. The van der Waals surface area contributed by atoms with E-state index in [0.717, 1.165) is 19.6 Å². The normalized spacial score (nSPS) is 10.4. The number of hydrogen-bond donors (Lipinski definition) is 2. The van der Waals surface area contributed by atoms with Crippen molar-refractivity contribution in [2.75, 3.05) is 39.8 Å². The van der Waals surface area contributed by atoms with Crippen molar-refractivity contribution >= 4 is 12.0 Å². The monoisotopic (exact) mass is 259 g/mol. The highest BCUT2D eigenvalue weighted by Crippen LogP contribution is 1.93. The van der Waals surface area contributed by atoms with Crippen LogP contribution in [0.1, 0.15) is 26.7 Å². The Balaban J connectivity index is 3.70. The topological polar surface area (TPSA) is 72.9 Å². The van der Waals surface area contributed by atoms with Crippen LogP contribution in [0.5, 0.6) is 0 Å². The largest absolute Gasteiger partial charge is 0.481 e. The fourth-order valence-corrected chi connectivity index (χ4v) is 1.56. The lowest BCUT2D eigenvalue weighted by atomic mass is 10.3. The molecule has 6 nitrogen and oxygen atoms in total. The molecule has 6 heteroatoms. The van der Waals surface area contributed by atoms with Crippen LogP contribution in [-0.4, -0.2) is 66.7 Å². The Morgan fingerprint density at radius 2 is 1.78 bits per heavy atom. The van der Waals surface area contributed by atoms with Gasteiger partial charge in [0.15, 0.2) is 0 Å². The lowest BCUT2D eigenvalue weighted by Gasteiger charge is -2.21. The first-order valence-corrected chi connectivity index (χ1v) is 6.44. The van der Waals surface area contributed by atoms with Crippen molar-refractivity contribution in [3.63, 3.8) is 0 Å². The highest BCUT2D eigenvalue weighted by atomic mass is 16.4. The van der Waals surface area contributed by atoms with Gasteiger partial charge >= 0.3 is 12.0 Å². The highest BCUT2D eigenvalue weighted by Gasteiger charge is 2.08. The van der Waals surface area contributed by atoms with E-state index in [1.165, 1.54) is 4.90 Å². The standard InChI is InChI=1S/C12H25N3O3/c1-4-15(5-2)10-8-13-12(18)14(3)9-6-7-11(16)17/h4-10H2,1-3H3,(H,13,18)(H,16,17). The predicted molar refractivity (Wildman–Crippen MR) is 70.7 cm³/mol. The molecule has 0 aliphatic rings. The lowest BCUT2D eigenvalue weighted by Crippen LogP contribution is -2.41. The van der Waals surface area contributed by atoms with Crippen molar-refractivity contribution < 1.29 is 14.7 Å². The number of hydrogen-bond acceptors (Lipinski definition) is 3. The SMILES string of the molecule is CCN(CC)CCNC(=O)N(C)CCCC(=O)O. The fourth-order valence-electron chi connectivity index (χ4n) is 1.56. The molecule has 0 heterocycles. The third-order valence-corrected chi connectivity index (χ3v) is 2.83. The molecular weight excluding hydrogens is 234 g/mol. The maximum absolute atomic E-state index is 11.6. The lowest BCUT2D eigenvalue weighted by molar-refractivity contribution is -0.137. The summed E-state index contributed by atoms with van der Waals surface area (Å²) >= 11 is 0. The quantitative estimate of drug-likeness (QED) is 0.643. The molecule has 0 saturated heterocycles. The average Bonchev–Trinajstić information content (AvgIpc) is 2.33. The minimum absolute atomic E-state index is 0.0943. The van der Waals surface area contributed by atoms with Crippen LogP contribution in [0.2, 0.25) is 0 Å². The smallest absolute Gasteiger partial charge is 0.317 e. The molecule has 0 bridgehead atoms. The number of nitrogens with zero attached hydrogens (tertiary/aromatic N) is 2. The van der Waals surface area contributed by atoms with Gasteiger partial charge in [0.2, 0.25) is 0 Å². The highest BCUT2D eigenvalue weighted by molar-refractivity contribution is 5.73. The second-order valence-corrected chi connectivity index (χ2v) is 4.18. The van der Waals surface area contributed by atoms with Crippen molar-refractivity contribution in [3.8, 4) is 0 Å². The molecule has 0 aliphatic heterocycles. The number of amides is 2. The molecule has 0 aromatic heterocycles. The van der Waals surface area contributed by atoms with Crippen molar-refractivity contribution in [1.29, 1.82) is 0 Å². The van der Waals surface area contributed by atoms with Gasteiger partial charge in [-0.05, 0) is 19.5 Å². The summed E-state index contributed by atoms with van der Waals surface area (Å²) in [5.74, 6) is -0.828. The second kappa shape index (κ2) is 9.70. The zero-order valence-electron chi connectivity index (χ0n) is 11.6. The van der Waals surface area contributed by atoms with Crippen molar-refractivity contribution in [1.82, 2.24) is 15.1 Å². The van der Waals surface area contributed by atoms with Crippen LogP contribution in [0, 0.1) is 0 Å². The first-order valence-electron chi connectivity index (χ1n) is 6.44. The third kappa shape index (κ3) is 7.89. The van der Waals surface area contributed by atoms with Crippen LogP contribution in [-0.2, 0) is 4.79 Å². The number of carboxylic acid groups (broad SMARTS) is 1. The molecule has 0 aromatic carbocycles. The summed E-state index contributed by atoms with van der Waals surface area (Å²) in [6.07, 6.45) is 0.576. The van der Waals surface area contributed by atoms with E-state index in [2.05, 4.69) is 24.1 Å². The Bertz CT molecular complexity index is 255. The van der Waals surface area contributed by atoms with Crippen LogP contribution in [0.3, 0.4) is 0 Å². The summed E-state index contributed by atoms with van der Waals surface area (Å²) in [4.78, 5) is 25.7. The van der Waals surface area contributed by atoms with Crippen molar-refractivity contribution in [2.45, 2.75) is 26.7 Å². The van der Waals surface area contributed by atoms with E-state index < -0.39 is 5.97 Å². The molecule has 0 saturated carbocycles. The number of likely N-dealkylation sites (N-methyl/N-ethyl adjacent to an activating group) is 1. The van der Waals surface area contributed by atoms with Crippen LogP contribution >= 0.6 is 0 Å². The number of rotatable bonds is 9. The van der Waals surface area contributed by atoms with Gasteiger partial charge in [-0.2, -0.15) is 0 Å². The summed E-state index contributed by atoms with van der Waals surface area (Å²) in [5, 5.41) is 11.3. The first-order chi connectivity index (χ1) is 8.51. The maximum Gasteiger partial charge on any atom is 0.317 e. The number of aliphatic carboxylic acids is 1. The van der Waals surface area contributed by atoms with Crippen molar-refractivity contribution in [3.05, 3.63) is 0 Å². The number of nitrogens with one attached hydrogen (secondary N) is 1. The number of carboxylic acids is 1. The molecule has 0 radical (unpaired) electrons. The third-order valence-electron chi connectivity index (χ3n) is 2.83. The Hall–Kier alpha value is -1.30. The maximum atomic E-state index is 11.6. The molecule has 0 unspecified atom stereocenters. The molecule has 0 aliphatic carbocycles. The van der Waals surface area contributed by atoms with E-state index in [1.807, 2.05) is 0 Å². The van der Waals surface area contributed by atoms with E-state index in [-0.39, 0.29) is 12.5 Å². The first kappa shape index (κ1) is 16.7. The van der Waals surface area contributed by atoms with E-state index in [9.17, 15) is 9.59 Å². The minimum Gasteiger partial charge on any atom is -0.481 e. The molecular formula is C12H25N3O3. The molecule has 0 fully saturated rings. The van der Waals surface area contributed by atoms with Gasteiger partial charge in [-0.15, -0.1) is 0 Å². The molecule has 0 atom stereocenters. The molecule has 2 N–H and O–H groups in total. The molecule has 2 amide bonds. The van der Waals surface area contributed by atoms with Gasteiger partial charge in [0.1, 0.15) is 0 Å². The van der Waals surface area contributed by atoms with E-state index in [0.29, 0.717) is 19.5 Å². The number of carbonyl (C=O) groups is 2. The van der Waals surface area contributed by atoms with Gasteiger partial charge in [-0.1, -0.05) is 13.8 Å². The molecule has 18 heavy (non-hydrogen) atoms. The van der Waals surface area contributed by atoms with Gasteiger partial charge in [0.05, 0.1) is 0 Å². The van der Waals surface area contributed by atoms with Crippen LogP contribution in [0.25, 0.3) is 0 Å². The van der Waals surface area contributed by atoms with Gasteiger partial charge in [0, 0.05) is 33.1 Å². The van der Waals surface area contributed by atoms with Crippen molar-refractivity contribution in [2.24, 2.45) is 0 Å². The summed E-state index contributed by atoms with van der Waals surface area (Å²) < 4.78 is 0. The second-order valence-electron chi connectivity index (χ2n) is 4.18. The summed E-state index contributed by atoms with van der Waals surface area (Å²) in [6, 6.07) is -0.146. The summed E-state index contributed by atoms with van der Waals surface area (Å²) in [7, 11) is 1.68. The number of carbonyl (C=O) groups excluding carboxylic acids is 1. The molecule has 0 aromatic rings. The van der Waals surface area contributed by atoms with Gasteiger partial charge in [-0.3, -0.25) is 4.79 Å². The predicted octanol–water partition coefficient (Wildman–Crippen LogP) is 0.834. The van der Waals surface area contributed by atoms with Gasteiger partial charge < -0.3 is 20.2 Å². The summed E-state index contributed by atoms with van der Waals surface area (Å²) in [5.41, 5.74) is 0. The molecule has 106 valence electrons. The minimum atomic E-state index is -0.828. The zero-order chi connectivity index (χ0) is 14.0.